The molecule has 0 aromatic heterocycles. The van der Waals surface area contributed by atoms with Crippen LogP contribution in [0.2, 0.25) is 0 Å². The monoisotopic (exact) mass is 313 g/mol. The second kappa shape index (κ2) is 5.91. The molecule has 92 valence electrons. The molecule has 0 radical (unpaired) electrons. The number of nitrogens with one attached hydrogen (secondary N) is 1. The maximum atomic E-state index is 11.7. The fourth-order valence-electron chi connectivity index (χ4n) is 1.47. The molecule has 1 atom stereocenters. The van der Waals surface area contributed by atoms with Crippen LogP contribution in [0.4, 0.5) is 0 Å². The number of thioether (sulfide) groups is 1. The van der Waals surface area contributed by atoms with Crippen molar-refractivity contribution in [3.8, 4) is 0 Å². The van der Waals surface area contributed by atoms with Crippen molar-refractivity contribution in [3.63, 3.8) is 0 Å². The largest absolute Gasteiger partial charge is 0.352 e. The Labute approximate surface area is 115 Å². The Bertz CT molecular complexity index is 406. The molecule has 0 saturated heterocycles. The van der Waals surface area contributed by atoms with Gasteiger partial charge in [0, 0.05) is 16.3 Å². The van der Waals surface area contributed by atoms with Crippen molar-refractivity contribution in [2.75, 3.05) is 0 Å². The predicted octanol–water partition coefficient (Wildman–Crippen LogP) is 3.35. The molecular weight excluding hydrogens is 298 g/mol. The molecule has 0 spiro atoms. The molecule has 0 aliphatic heterocycles. The van der Waals surface area contributed by atoms with Crippen LogP contribution in [0.25, 0.3) is 0 Å². The lowest BCUT2D eigenvalue weighted by Crippen LogP contribution is -2.32. The molecule has 1 aromatic rings. The van der Waals surface area contributed by atoms with Crippen LogP contribution in [0.1, 0.15) is 25.3 Å². The number of carbonyl (C=O) groups is 1. The molecule has 1 amide bonds. The van der Waals surface area contributed by atoms with E-state index < -0.39 is 0 Å². The number of carbonyl (C=O) groups excluding carboxylic acids is 1. The lowest BCUT2D eigenvalue weighted by atomic mass is 10.2. The second-order valence-corrected chi connectivity index (χ2v) is 6.61. The number of hydrogen-bond donors (Lipinski definition) is 1. The lowest BCUT2D eigenvalue weighted by Gasteiger charge is -2.11. The first-order chi connectivity index (χ1) is 8.15. The zero-order chi connectivity index (χ0) is 12.3. The summed E-state index contributed by atoms with van der Waals surface area (Å²) in [5, 5.41) is 3.06. The van der Waals surface area contributed by atoms with E-state index in [4.69, 9.17) is 0 Å². The number of hydrogen-bond acceptors (Lipinski definition) is 2. The summed E-state index contributed by atoms with van der Waals surface area (Å²) in [7, 11) is 0. The third-order valence-electron chi connectivity index (χ3n) is 2.68. The molecule has 4 heteroatoms. The third-order valence-corrected chi connectivity index (χ3v) is 4.39. The highest BCUT2D eigenvalue weighted by Crippen LogP contribution is 2.23. The Morgan fingerprint density at radius 1 is 1.59 bits per heavy atom. The highest BCUT2D eigenvalue weighted by atomic mass is 79.9. The molecule has 1 aliphatic rings. The number of benzene rings is 1. The smallest absolute Gasteiger partial charge is 0.233 e. The van der Waals surface area contributed by atoms with Gasteiger partial charge in [-0.2, -0.15) is 0 Å². The van der Waals surface area contributed by atoms with Crippen LogP contribution < -0.4 is 5.32 Å². The Morgan fingerprint density at radius 2 is 2.35 bits per heavy atom. The number of rotatable bonds is 5. The van der Waals surface area contributed by atoms with Gasteiger partial charge in [-0.15, -0.1) is 11.8 Å². The summed E-state index contributed by atoms with van der Waals surface area (Å²) < 4.78 is 1.09. The topological polar surface area (TPSA) is 29.1 Å². The molecule has 1 fully saturated rings. The predicted molar refractivity (Wildman–Crippen MR) is 76.1 cm³/mol. The lowest BCUT2D eigenvalue weighted by molar-refractivity contribution is -0.120. The van der Waals surface area contributed by atoms with E-state index in [0.29, 0.717) is 6.04 Å². The average molecular weight is 314 g/mol. The summed E-state index contributed by atoms with van der Waals surface area (Å²) in [5.41, 5.74) is 1.25. The zero-order valence-corrected chi connectivity index (χ0v) is 12.2. The van der Waals surface area contributed by atoms with Crippen molar-refractivity contribution in [1.82, 2.24) is 5.32 Å². The van der Waals surface area contributed by atoms with Gasteiger partial charge in [-0.25, -0.2) is 0 Å². The Kier molecular flexibility index (Phi) is 4.51. The SMILES string of the molecule is CC(SCc1cccc(Br)c1)C(=O)NC1CC1. The van der Waals surface area contributed by atoms with E-state index in [-0.39, 0.29) is 11.2 Å². The van der Waals surface area contributed by atoms with Crippen molar-refractivity contribution in [2.45, 2.75) is 36.8 Å². The minimum absolute atomic E-state index is 0.0228. The van der Waals surface area contributed by atoms with Crippen LogP contribution in [0.5, 0.6) is 0 Å². The van der Waals surface area contributed by atoms with E-state index in [1.54, 1.807) is 11.8 Å². The Balaban J connectivity index is 1.78. The van der Waals surface area contributed by atoms with Crippen LogP contribution in [-0.2, 0) is 10.5 Å². The van der Waals surface area contributed by atoms with Gasteiger partial charge in [0.15, 0.2) is 0 Å². The summed E-state index contributed by atoms with van der Waals surface area (Å²) in [6.07, 6.45) is 2.30. The van der Waals surface area contributed by atoms with E-state index in [2.05, 4.69) is 33.4 Å². The average Bonchev–Trinajstić information content (AvgIpc) is 3.10. The minimum atomic E-state index is 0.0228. The quantitative estimate of drug-likeness (QED) is 0.903. The van der Waals surface area contributed by atoms with Gasteiger partial charge in [0.1, 0.15) is 0 Å². The van der Waals surface area contributed by atoms with Gasteiger partial charge in [-0.05, 0) is 37.5 Å². The molecule has 0 heterocycles. The highest BCUT2D eigenvalue weighted by Gasteiger charge is 2.25. The fraction of sp³-hybridized carbons (Fsp3) is 0.462. The van der Waals surface area contributed by atoms with Crippen molar-refractivity contribution in [1.29, 1.82) is 0 Å². The first-order valence-corrected chi connectivity index (χ1v) is 7.66. The molecule has 1 saturated carbocycles. The maximum absolute atomic E-state index is 11.7. The van der Waals surface area contributed by atoms with Crippen LogP contribution >= 0.6 is 27.7 Å². The molecule has 1 unspecified atom stereocenters. The van der Waals surface area contributed by atoms with E-state index in [1.165, 1.54) is 5.56 Å². The maximum Gasteiger partial charge on any atom is 0.233 e. The van der Waals surface area contributed by atoms with Gasteiger partial charge in [0.05, 0.1) is 5.25 Å². The van der Waals surface area contributed by atoms with Gasteiger partial charge in [0.2, 0.25) is 5.91 Å². The summed E-state index contributed by atoms with van der Waals surface area (Å²) in [6.45, 7) is 1.97. The zero-order valence-electron chi connectivity index (χ0n) is 9.78. The first kappa shape index (κ1) is 13.0. The van der Waals surface area contributed by atoms with Gasteiger partial charge in [-0.1, -0.05) is 28.1 Å². The summed E-state index contributed by atoms with van der Waals surface area (Å²) in [4.78, 5) is 11.7. The van der Waals surface area contributed by atoms with E-state index in [1.807, 2.05) is 19.1 Å². The number of amides is 1. The van der Waals surface area contributed by atoms with Crippen molar-refractivity contribution in [2.24, 2.45) is 0 Å². The molecule has 1 N–H and O–H groups in total. The van der Waals surface area contributed by atoms with Crippen LogP contribution in [0.3, 0.4) is 0 Å². The van der Waals surface area contributed by atoms with Crippen molar-refractivity contribution >= 4 is 33.6 Å². The minimum Gasteiger partial charge on any atom is -0.352 e. The summed E-state index contributed by atoms with van der Waals surface area (Å²) in [5.74, 6) is 1.05. The van der Waals surface area contributed by atoms with Gasteiger partial charge < -0.3 is 5.32 Å². The molecule has 17 heavy (non-hydrogen) atoms. The summed E-state index contributed by atoms with van der Waals surface area (Å²) >= 11 is 5.13. The molecule has 2 nitrogen and oxygen atoms in total. The summed E-state index contributed by atoms with van der Waals surface area (Å²) in [6, 6.07) is 8.67. The Morgan fingerprint density at radius 3 is 3.00 bits per heavy atom. The van der Waals surface area contributed by atoms with Gasteiger partial charge >= 0.3 is 0 Å². The van der Waals surface area contributed by atoms with Crippen molar-refractivity contribution in [3.05, 3.63) is 34.3 Å². The van der Waals surface area contributed by atoms with Gasteiger partial charge in [0.25, 0.3) is 0 Å². The third kappa shape index (κ3) is 4.36. The van der Waals surface area contributed by atoms with E-state index in [0.717, 1.165) is 23.1 Å². The van der Waals surface area contributed by atoms with E-state index >= 15 is 0 Å². The highest BCUT2D eigenvalue weighted by molar-refractivity contribution is 9.10. The van der Waals surface area contributed by atoms with Crippen molar-refractivity contribution < 1.29 is 4.79 Å². The van der Waals surface area contributed by atoms with E-state index in [9.17, 15) is 4.79 Å². The molecule has 1 aromatic carbocycles. The number of halogens is 1. The van der Waals surface area contributed by atoms with Crippen LogP contribution in [-0.4, -0.2) is 17.2 Å². The second-order valence-electron chi connectivity index (χ2n) is 4.37. The molecular formula is C13H16BrNOS. The Hall–Kier alpha value is -0.480. The molecule has 0 bridgehead atoms. The standard InChI is InChI=1S/C13H16BrNOS/c1-9(13(16)15-12-5-6-12)17-8-10-3-2-4-11(14)7-10/h2-4,7,9,12H,5-6,8H2,1H3,(H,15,16). The van der Waals surface area contributed by atoms with Crippen LogP contribution in [0, 0.1) is 0 Å². The molecule has 2 rings (SSSR count). The fourth-order valence-corrected chi connectivity index (χ4v) is 2.76. The first-order valence-electron chi connectivity index (χ1n) is 5.81. The van der Waals surface area contributed by atoms with Gasteiger partial charge in [-0.3, -0.25) is 4.79 Å². The molecule has 1 aliphatic carbocycles. The van der Waals surface area contributed by atoms with Crippen LogP contribution in [0.15, 0.2) is 28.7 Å². The normalized spacial score (nSPS) is 16.6.